The Hall–Kier alpha value is -2.27. The van der Waals surface area contributed by atoms with Crippen molar-refractivity contribution in [3.05, 3.63) is 10.4 Å². The molecule has 2 aliphatic heterocycles. The molecule has 0 unspecified atom stereocenters. The number of methoxy groups -OCH3 is 2. The zero-order valence-electron chi connectivity index (χ0n) is 21.8. The van der Waals surface area contributed by atoms with Gasteiger partial charge in [0.1, 0.15) is 11.2 Å². The van der Waals surface area contributed by atoms with E-state index in [9.17, 15) is 9.59 Å². The first-order valence-corrected chi connectivity index (χ1v) is 11.5. The van der Waals surface area contributed by atoms with E-state index in [0.29, 0.717) is 32.6 Å². The number of azide groups is 1. The Labute approximate surface area is 202 Å². The van der Waals surface area contributed by atoms with Crippen LogP contribution >= 0.6 is 0 Å². The average molecular weight is 487 g/mol. The second-order valence-electron chi connectivity index (χ2n) is 10.4. The monoisotopic (exact) mass is 486 g/mol. The van der Waals surface area contributed by atoms with Crippen LogP contribution in [0.3, 0.4) is 0 Å². The molecule has 4 atom stereocenters. The van der Waals surface area contributed by atoms with E-state index in [-0.39, 0.29) is 36.5 Å². The molecule has 196 valence electrons. The minimum Gasteiger partial charge on any atom is -0.444 e. The van der Waals surface area contributed by atoms with Gasteiger partial charge in [-0.3, -0.25) is 0 Å². The summed E-state index contributed by atoms with van der Waals surface area (Å²) in [6.45, 7) is 13.0. The van der Waals surface area contributed by atoms with Crippen LogP contribution in [0.5, 0.6) is 0 Å². The summed E-state index contributed by atoms with van der Waals surface area (Å²) in [4.78, 5) is 29.6. The highest BCUT2D eigenvalue weighted by Gasteiger charge is 2.33. The van der Waals surface area contributed by atoms with Crippen LogP contribution in [-0.4, -0.2) is 97.9 Å². The first-order chi connectivity index (χ1) is 15.7. The van der Waals surface area contributed by atoms with Gasteiger partial charge < -0.3 is 34.5 Å². The molecule has 0 spiro atoms. The third-order valence-electron chi connectivity index (χ3n) is 5.22. The van der Waals surface area contributed by atoms with E-state index in [1.54, 1.807) is 24.0 Å². The molecule has 0 radical (unpaired) electrons. The summed E-state index contributed by atoms with van der Waals surface area (Å²) in [5.41, 5.74) is 13.4. The van der Waals surface area contributed by atoms with Crippen molar-refractivity contribution in [2.75, 3.05) is 40.4 Å². The van der Waals surface area contributed by atoms with Crippen LogP contribution in [0.25, 0.3) is 10.4 Å². The zero-order chi connectivity index (χ0) is 26.1. The minimum absolute atomic E-state index is 0.0405. The Morgan fingerprint density at radius 2 is 1.32 bits per heavy atom. The van der Waals surface area contributed by atoms with Crippen molar-refractivity contribution < 1.29 is 28.5 Å². The molecular formula is C22H42N6O6. The largest absolute Gasteiger partial charge is 0.444 e. The smallest absolute Gasteiger partial charge is 0.410 e. The molecule has 2 aliphatic rings. The van der Waals surface area contributed by atoms with Crippen molar-refractivity contribution in [3.8, 4) is 0 Å². The molecule has 12 heteroatoms. The van der Waals surface area contributed by atoms with E-state index in [1.807, 2.05) is 41.5 Å². The van der Waals surface area contributed by atoms with Gasteiger partial charge in [0, 0.05) is 51.4 Å². The summed E-state index contributed by atoms with van der Waals surface area (Å²) < 4.78 is 21.0. The van der Waals surface area contributed by atoms with Gasteiger partial charge >= 0.3 is 12.2 Å². The van der Waals surface area contributed by atoms with Crippen molar-refractivity contribution in [1.29, 1.82) is 0 Å². The molecule has 34 heavy (non-hydrogen) atoms. The van der Waals surface area contributed by atoms with Gasteiger partial charge in [0.15, 0.2) is 0 Å². The number of nitrogens with two attached hydrogens (primary N) is 1. The van der Waals surface area contributed by atoms with Crippen LogP contribution in [0.4, 0.5) is 9.59 Å². The predicted molar refractivity (Wildman–Crippen MR) is 127 cm³/mol. The molecule has 0 aromatic carbocycles. The first-order valence-electron chi connectivity index (χ1n) is 11.5. The molecule has 2 heterocycles. The first kappa shape index (κ1) is 29.8. The van der Waals surface area contributed by atoms with Crippen LogP contribution < -0.4 is 5.73 Å². The standard InChI is InChI=1S/C11H20N4O3.C11H22N2O3/c1-11(2,3)18-10(16)15-6-5-9(17-4)8(7-15)13-14-12;1-11(2,3)16-10(14)13-6-5-9(15-4)8(12)7-13/h8-9H,5-7H2,1-4H3;8-9H,5-7,12H2,1-4H3/t2*8-,9-/m11/s1. The predicted octanol–water partition coefficient (Wildman–Crippen LogP) is 3.29. The highest BCUT2D eigenvalue weighted by Crippen LogP contribution is 2.20. The summed E-state index contributed by atoms with van der Waals surface area (Å²) >= 11 is 0. The molecular weight excluding hydrogens is 444 g/mol. The van der Waals surface area contributed by atoms with E-state index in [1.165, 1.54) is 0 Å². The maximum atomic E-state index is 11.9. The Balaban J connectivity index is 0.000000342. The van der Waals surface area contributed by atoms with Gasteiger partial charge in [-0.25, -0.2) is 9.59 Å². The van der Waals surface area contributed by atoms with Crippen LogP contribution in [0.1, 0.15) is 54.4 Å². The maximum absolute atomic E-state index is 11.9. The average Bonchev–Trinajstić information content (AvgIpc) is 2.72. The molecule has 2 fully saturated rings. The molecule has 0 bridgehead atoms. The van der Waals surface area contributed by atoms with Gasteiger partial charge in [0.05, 0.1) is 18.2 Å². The van der Waals surface area contributed by atoms with Crippen molar-refractivity contribution >= 4 is 12.2 Å². The molecule has 2 amide bonds. The van der Waals surface area contributed by atoms with Gasteiger partial charge in [-0.05, 0) is 59.9 Å². The fraction of sp³-hybridized carbons (Fsp3) is 0.909. The number of hydrogen-bond donors (Lipinski definition) is 1. The maximum Gasteiger partial charge on any atom is 0.410 e. The summed E-state index contributed by atoms with van der Waals surface area (Å²) in [6.07, 6.45) is 0.627. The quantitative estimate of drug-likeness (QED) is 0.365. The SMILES string of the molecule is CO[C@@H]1CCN(C(=O)OC(C)(C)C)C[C@H]1N.CO[C@@H]1CCN(C(=O)OC(C)(C)C)C[C@H]1N=[N+]=[N-]. The van der Waals surface area contributed by atoms with Crippen LogP contribution in [0.2, 0.25) is 0 Å². The number of piperidine rings is 2. The lowest BCUT2D eigenvalue weighted by molar-refractivity contribution is -0.00646. The lowest BCUT2D eigenvalue weighted by Crippen LogP contribution is -2.54. The van der Waals surface area contributed by atoms with E-state index < -0.39 is 11.2 Å². The number of rotatable bonds is 3. The third-order valence-corrected chi connectivity index (χ3v) is 5.22. The molecule has 0 aromatic heterocycles. The van der Waals surface area contributed by atoms with E-state index in [4.69, 9.17) is 30.2 Å². The zero-order valence-corrected chi connectivity index (χ0v) is 21.8. The normalized spacial score (nSPS) is 25.4. The number of hydrogen-bond acceptors (Lipinski definition) is 8. The number of carbonyl (C=O) groups is 2. The third kappa shape index (κ3) is 10.3. The number of amides is 2. The molecule has 0 aliphatic carbocycles. The number of likely N-dealkylation sites (tertiary alicyclic amines) is 2. The number of nitrogens with zero attached hydrogens (tertiary/aromatic N) is 5. The van der Waals surface area contributed by atoms with E-state index >= 15 is 0 Å². The summed E-state index contributed by atoms with van der Waals surface area (Å²) in [7, 11) is 3.22. The topological polar surface area (TPSA) is 152 Å². The molecule has 0 aromatic rings. The highest BCUT2D eigenvalue weighted by atomic mass is 16.6. The fourth-order valence-corrected chi connectivity index (χ4v) is 3.60. The number of ether oxygens (including phenoxy) is 4. The molecule has 2 saturated heterocycles. The second-order valence-corrected chi connectivity index (χ2v) is 10.4. The van der Waals surface area contributed by atoms with Gasteiger partial charge in [0.2, 0.25) is 0 Å². The minimum atomic E-state index is -0.525. The summed E-state index contributed by atoms with van der Waals surface area (Å²) in [6, 6.07) is -0.493. The Morgan fingerprint density at radius 1 is 0.882 bits per heavy atom. The second kappa shape index (κ2) is 13.0. The van der Waals surface area contributed by atoms with Gasteiger partial charge in [-0.2, -0.15) is 0 Å². The lowest BCUT2D eigenvalue weighted by atomic mass is 10.0. The van der Waals surface area contributed by atoms with E-state index in [2.05, 4.69) is 10.0 Å². The van der Waals surface area contributed by atoms with Crippen molar-refractivity contribution in [2.24, 2.45) is 10.8 Å². The van der Waals surface area contributed by atoms with Crippen LogP contribution in [0, 0.1) is 0 Å². The van der Waals surface area contributed by atoms with Crippen molar-refractivity contribution in [3.63, 3.8) is 0 Å². The van der Waals surface area contributed by atoms with Crippen molar-refractivity contribution in [2.45, 2.75) is 89.9 Å². The molecule has 2 rings (SSSR count). The molecule has 12 nitrogen and oxygen atoms in total. The van der Waals surface area contributed by atoms with Gasteiger partial charge in [-0.15, -0.1) is 0 Å². The van der Waals surface area contributed by atoms with Gasteiger partial charge in [0.25, 0.3) is 0 Å². The van der Waals surface area contributed by atoms with E-state index in [0.717, 1.165) is 6.42 Å². The molecule has 0 saturated carbocycles. The van der Waals surface area contributed by atoms with Crippen molar-refractivity contribution in [1.82, 2.24) is 9.80 Å². The fourth-order valence-electron chi connectivity index (χ4n) is 3.60. The van der Waals surface area contributed by atoms with Crippen LogP contribution in [-0.2, 0) is 18.9 Å². The number of carbonyl (C=O) groups excluding carboxylic acids is 2. The Bertz CT molecular complexity index is 716. The lowest BCUT2D eigenvalue weighted by Gasteiger charge is -2.36. The van der Waals surface area contributed by atoms with Crippen LogP contribution in [0.15, 0.2) is 5.11 Å². The highest BCUT2D eigenvalue weighted by molar-refractivity contribution is 5.68. The Morgan fingerprint density at radius 3 is 1.71 bits per heavy atom. The Kier molecular flexibility index (Phi) is 11.4. The van der Waals surface area contributed by atoms with Gasteiger partial charge in [-0.1, -0.05) is 5.11 Å². The summed E-state index contributed by atoms with van der Waals surface area (Å²) in [5.74, 6) is 0. The summed E-state index contributed by atoms with van der Waals surface area (Å²) in [5, 5.41) is 3.67. The molecule has 2 N–H and O–H groups in total.